The third kappa shape index (κ3) is 5.97. The van der Waals surface area contributed by atoms with Gasteiger partial charge in [0.15, 0.2) is 0 Å². The maximum absolute atomic E-state index is 11.8. The summed E-state index contributed by atoms with van der Waals surface area (Å²) in [6.45, 7) is 4.92. The second-order valence-corrected chi connectivity index (χ2v) is 6.72. The lowest BCUT2D eigenvalue weighted by Crippen LogP contribution is -2.26. The van der Waals surface area contributed by atoms with E-state index in [2.05, 4.69) is 29.4 Å². The SMILES string of the molecule is COc1cc(OC)cc(-c2nnc(SCC(=O)NCCC(C)C)o2)c1. The molecule has 0 unspecified atom stereocenters. The van der Waals surface area contributed by atoms with E-state index in [1.165, 1.54) is 11.8 Å². The van der Waals surface area contributed by atoms with Gasteiger partial charge in [0, 0.05) is 18.2 Å². The normalized spacial score (nSPS) is 10.8. The van der Waals surface area contributed by atoms with Gasteiger partial charge in [-0.15, -0.1) is 10.2 Å². The van der Waals surface area contributed by atoms with Gasteiger partial charge in [0.2, 0.25) is 11.8 Å². The molecule has 7 nitrogen and oxygen atoms in total. The zero-order chi connectivity index (χ0) is 18.2. The Morgan fingerprint density at radius 2 is 1.88 bits per heavy atom. The Hall–Kier alpha value is -2.22. The molecule has 25 heavy (non-hydrogen) atoms. The second-order valence-electron chi connectivity index (χ2n) is 5.80. The summed E-state index contributed by atoms with van der Waals surface area (Å²) in [5, 5.41) is 11.2. The predicted molar refractivity (Wildman–Crippen MR) is 96.0 cm³/mol. The molecule has 0 saturated carbocycles. The van der Waals surface area contributed by atoms with Crippen molar-refractivity contribution in [1.29, 1.82) is 0 Å². The smallest absolute Gasteiger partial charge is 0.277 e. The van der Waals surface area contributed by atoms with Crippen molar-refractivity contribution in [2.45, 2.75) is 25.5 Å². The third-order valence-electron chi connectivity index (χ3n) is 3.38. The molecule has 0 aliphatic heterocycles. The van der Waals surface area contributed by atoms with Crippen molar-refractivity contribution < 1.29 is 18.7 Å². The van der Waals surface area contributed by atoms with Crippen LogP contribution in [0.25, 0.3) is 11.5 Å². The first-order valence-corrected chi connectivity index (χ1v) is 8.96. The highest BCUT2D eigenvalue weighted by molar-refractivity contribution is 7.99. The fourth-order valence-corrected chi connectivity index (χ4v) is 2.59. The molecule has 0 radical (unpaired) electrons. The summed E-state index contributed by atoms with van der Waals surface area (Å²) in [6, 6.07) is 5.32. The highest BCUT2D eigenvalue weighted by atomic mass is 32.2. The Bertz CT molecular complexity index is 681. The summed E-state index contributed by atoms with van der Waals surface area (Å²) in [5.74, 6) is 2.36. The van der Waals surface area contributed by atoms with Crippen LogP contribution >= 0.6 is 11.8 Å². The number of nitrogens with one attached hydrogen (secondary N) is 1. The molecule has 1 heterocycles. The number of aromatic nitrogens is 2. The van der Waals surface area contributed by atoms with Crippen molar-refractivity contribution in [2.24, 2.45) is 5.92 Å². The van der Waals surface area contributed by atoms with E-state index in [1.807, 2.05) is 0 Å². The average Bonchev–Trinajstić information content (AvgIpc) is 3.08. The molecule has 0 aliphatic rings. The molecule has 1 N–H and O–H groups in total. The number of methoxy groups -OCH3 is 2. The molecule has 1 amide bonds. The monoisotopic (exact) mass is 365 g/mol. The molecule has 2 rings (SSSR count). The number of ether oxygens (including phenoxy) is 2. The molecule has 0 aliphatic carbocycles. The minimum Gasteiger partial charge on any atom is -0.497 e. The topological polar surface area (TPSA) is 86.5 Å². The Balaban J connectivity index is 1.95. The van der Waals surface area contributed by atoms with E-state index in [0.29, 0.717) is 40.6 Å². The largest absolute Gasteiger partial charge is 0.497 e. The average molecular weight is 365 g/mol. The first-order chi connectivity index (χ1) is 12.0. The highest BCUT2D eigenvalue weighted by Gasteiger charge is 2.13. The van der Waals surface area contributed by atoms with Crippen LogP contribution in [0.5, 0.6) is 11.5 Å². The van der Waals surface area contributed by atoms with E-state index >= 15 is 0 Å². The maximum Gasteiger partial charge on any atom is 0.277 e. The lowest BCUT2D eigenvalue weighted by Gasteiger charge is -2.06. The molecule has 0 fully saturated rings. The molecule has 8 heteroatoms. The minimum absolute atomic E-state index is 0.0477. The maximum atomic E-state index is 11.8. The number of benzene rings is 1. The molecule has 136 valence electrons. The Morgan fingerprint density at radius 3 is 2.48 bits per heavy atom. The Morgan fingerprint density at radius 1 is 1.20 bits per heavy atom. The van der Waals surface area contributed by atoms with Crippen LogP contribution in [-0.4, -0.2) is 42.6 Å². The quantitative estimate of drug-likeness (QED) is 0.684. The van der Waals surface area contributed by atoms with Crippen LogP contribution in [0.4, 0.5) is 0 Å². The van der Waals surface area contributed by atoms with Crippen molar-refractivity contribution in [1.82, 2.24) is 15.5 Å². The second kappa shape index (κ2) is 9.31. The Kier molecular flexibility index (Phi) is 7.12. The first-order valence-electron chi connectivity index (χ1n) is 7.98. The van der Waals surface area contributed by atoms with E-state index < -0.39 is 0 Å². The molecular formula is C17H23N3O4S. The highest BCUT2D eigenvalue weighted by Crippen LogP contribution is 2.30. The summed E-state index contributed by atoms with van der Waals surface area (Å²) in [4.78, 5) is 11.8. The fourth-order valence-electron chi connectivity index (χ4n) is 1.99. The van der Waals surface area contributed by atoms with Crippen molar-refractivity contribution in [3.8, 4) is 23.0 Å². The minimum atomic E-state index is -0.0477. The molecule has 0 saturated heterocycles. The molecule has 1 aromatic carbocycles. The standard InChI is InChI=1S/C17H23N3O4S/c1-11(2)5-6-18-15(21)10-25-17-20-19-16(24-17)12-7-13(22-3)9-14(8-12)23-4/h7-9,11H,5-6,10H2,1-4H3,(H,18,21). The summed E-state index contributed by atoms with van der Waals surface area (Å²) in [6.07, 6.45) is 0.957. The van der Waals surface area contributed by atoms with Gasteiger partial charge < -0.3 is 19.2 Å². The summed E-state index contributed by atoms with van der Waals surface area (Å²) < 4.78 is 16.1. The summed E-state index contributed by atoms with van der Waals surface area (Å²) in [7, 11) is 3.15. The van der Waals surface area contributed by atoms with Crippen LogP contribution in [0.1, 0.15) is 20.3 Å². The number of nitrogens with zero attached hydrogens (tertiary/aromatic N) is 2. The van der Waals surface area contributed by atoms with Crippen LogP contribution in [0.15, 0.2) is 27.8 Å². The molecule has 0 bridgehead atoms. The van der Waals surface area contributed by atoms with Crippen molar-refractivity contribution in [3.63, 3.8) is 0 Å². The van der Waals surface area contributed by atoms with Gasteiger partial charge in [-0.05, 0) is 24.5 Å². The molecule has 2 aromatic rings. The van der Waals surface area contributed by atoms with Gasteiger partial charge in [-0.25, -0.2) is 0 Å². The van der Waals surface area contributed by atoms with Gasteiger partial charge >= 0.3 is 0 Å². The van der Waals surface area contributed by atoms with E-state index in [-0.39, 0.29) is 11.7 Å². The van der Waals surface area contributed by atoms with Gasteiger partial charge in [0.05, 0.1) is 20.0 Å². The van der Waals surface area contributed by atoms with E-state index in [0.717, 1.165) is 6.42 Å². The van der Waals surface area contributed by atoms with Crippen molar-refractivity contribution in [2.75, 3.05) is 26.5 Å². The van der Waals surface area contributed by atoms with Gasteiger partial charge in [-0.1, -0.05) is 25.6 Å². The number of carbonyl (C=O) groups is 1. The van der Waals surface area contributed by atoms with Gasteiger partial charge in [-0.2, -0.15) is 0 Å². The van der Waals surface area contributed by atoms with E-state index in [9.17, 15) is 4.79 Å². The van der Waals surface area contributed by atoms with Gasteiger partial charge in [-0.3, -0.25) is 4.79 Å². The zero-order valence-corrected chi connectivity index (χ0v) is 15.7. The van der Waals surface area contributed by atoms with Crippen LogP contribution in [0.3, 0.4) is 0 Å². The lowest BCUT2D eigenvalue weighted by atomic mass is 10.1. The number of hydrogen-bond acceptors (Lipinski definition) is 7. The number of amides is 1. The summed E-state index contributed by atoms with van der Waals surface area (Å²) in [5.41, 5.74) is 0.692. The third-order valence-corrected chi connectivity index (χ3v) is 4.19. The molecule has 0 spiro atoms. The lowest BCUT2D eigenvalue weighted by molar-refractivity contribution is -0.118. The predicted octanol–water partition coefficient (Wildman–Crippen LogP) is 3.01. The number of rotatable bonds is 9. The fraction of sp³-hybridized carbons (Fsp3) is 0.471. The summed E-state index contributed by atoms with van der Waals surface area (Å²) >= 11 is 1.21. The van der Waals surface area contributed by atoms with Crippen LogP contribution < -0.4 is 14.8 Å². The van der Waals surface area contributed by atoms with E-state index in [1.54, 1.807) is 32.4 Å². The van der Waals surface area contributed by atoms with Crippen molar-refractivity contribution in [3.05, 3.63) is 18.2 Å². The van der Waals surface area contributed by atoms with E-state index in [4.69, 9.17) is 13.9 Å². The zero-order valence-electron chi connectivity index (χ0n) is 14.9. The van der Waals surface area contributed by atoms with Gasteiger partial charge in [0.1, 0.15) is 11.5 Å². The van der Waals surface area contributed by atoms with Crippen LogP contribution in [0, 0.1) is 5.92 Å². The molecule has 1 aromatic heterocycles. The van der Waals surface area contributed by atoms with Crippen LogP contribution in [0.2, 0.25) is 0 Å². The Labute approximate surface area is 151 Å². The molecular weight excluding hydrogens is 342 g/mol. The van der Waals surface area contributed by atoms with Crippen LogP contribution in [-0.2, 0) is 4.79 Å². The number of carbonyl (C=O) groups excluding carboxylic acids is 1. The number of hydrogen-bond donors (Lipinski definition) is 1. The van der Waals surface area contributed by atoms with Gasteiger partial charge in [0.25, 0.3) is 5.22 Å². The van der Waals surface area contributed by atoms with Crippen molar-refractivity contribution >= 4 is 17.7 Å². The molecule has 0 atom stereocenters. The first kappa shape index (κ1) is 19.1. The number of thioether (sulfide) groups is 1.